The largest absolute Gasteiger partial charge is 0.417 e. The van der Waals surface area contributed by atoms with Crippen LogP contribution in [-0.2, 0) is 16.3 Å². The van der Waals surface area contributed by atoms with Crippen molar-refractivity contribution in [3.8, 4) is 11.1 Å². The molecule has 0 heterocycles. The van der Waals surface area contributed by atoms with Crippen LogP contribution in [0.25, 0.3) is 11.1 Å². The second-order valence-electron chi connectivity index (χ2n) is 5.20. The molecule has 0 radical (unpaired) electrons. The van der Waals surface area contributed by atoms with Gasteiger partial charge in [0.15, 0.2) is 0 Å². The molecule has 0 atom stereocenters. The number of rotatable bonds is 2. The molecule has 3 rings (SSSR count). The Bertz CT molecular complexity index is 907. The quantitative estimate of drug-likeness (QED) is 0.345. The van der Waals surface area contributed by atoms with Gasteiger partial charge >= 0.3 is 6.18 Å². The third-order valence-electron chi connectivity index (χ3n) is 3.35. The molecule has 0 saturated carbocycles. The summed E-state index contributed by atoms with van der Waals surface area (Å²) in [6.45, 7) is 0. The molecule has 3 aromatic carbocycles. The number of hydrogen-bond acceptors (Lipinski definition) is 2. The van der Waals surface area contributed by atoms with Crippen LogP contribution in [0.15, 0.2) is 89.8 Å². The third-order valence-corrected chi connectivity index (χ3v) is 4.26. The fourth-order valence-corrected chi connectivity index (χ4v) is 2.90. The van der Waals surface area contributed by atoms with Gasteiger partial charge in [-0.25, -0.2) is 0 Å². The van der Waals surface area contributed by atoms with Crippen LogP contribution in [-0.4, -0.2) is 13.0 Å². The molecule has 0 bridgehead atoms. The number of benzene rings is 3. The van der Waals surface area contributed by atoms with Crippen LogP contribution in [0.2, 0.25) is 0 Å². The lowest BCUT2D eigenvalue weighted by Crippen LogP contribution is -2.12. The maximum atomic E-state index is 12.2. The number of halogens is 4. The van der Waals surface area contributed by atoms with E-state index in [1.54, 1.807) is 0 Å². The minimum atomic E-state index is -4.84. The Morgan fingerprint density at radius 3 is 1.37 bits per heavy atom. The van der Waals surface area contributed by atoms with E-state index in [9.17, 15) is 21.6 Å². The molecule has 0 aliphatic heterocycles. The summed E-state index contributed by atoms with van der Waals surface area (Å²) in [7, 11) is -4.84. The zero-order valence-corrected chi connectivity index (χ0v) is 16.9. The summed E-state index contributed by atoms with van der Waals surface area (Å²) in [5.74, 6) is 0. The molecule has 8 heteroatoms. The molecule has 3 nitrogen and oxygen atoms in total. The summed E-state index contributed by atoms with van der Waals surface area (Å²) in [6.07, 6.45) is -4.80. The number of alkyl halides is 3. The van der Waals surface area contributed by atoms with Gasteiger partial charge in [-0.3, -0.25) is 4.55 Å². The van der Waals surface area contributed by atoms with Gasteiger partial charge in [0.2, 0.25) is 0 Å². The van der Waals surface area contributed by atoms with Gasteiger partial charge in [0.05, 0.1) is 5.56 Å². The van der Waals surface area contributed by atoms with E-state index in [2.05, 4.69) is 48.5 Å². The first-order valence-electron chi connectivity index (χ1n) is 7.44. The topological polar surface area (TPSA) is 54.4 Å². The van der Waals surface area contributed by atoms with Crippen molar-refractivity contribution in [2.75, 3.05) is 0 Å². The summed E-state index contributed by atoms with van der Waals surface area (Å²) in [5.41, 5.74) is 1.18. The summed E-state index contributed by atoms with van der Waals surface area (Å²) < 4.78 is 66.2. The molecular formula is C19H16F3IO3S. The normalized spacial score (nSPS) is 11.0. The van der Waals surface area contributed by atoms with E-state index in [1.807, 2.05) is 12.1 Å². The molecule has 0 aliphatic rings. The minimum Gasteiger partial charge on any atom is -0.282 e. The van der Waals surface area contributed by atoms with E-state index in [0.717, 1.165) is 12.1 Å². The van der Waals surface area contributed by atoms with Crippen LogP contribution in [0.5, 0.6) is 0 Å². The standard InChI is InChI=1S/C12H10.C7H5F3O3S.HI/c1-3-7-11(8-4-1)12-9-5-2-6-10-12;8-7(9,10)5-3-1-2-4-6(5)14(11,12)13;/h1-10H;1-4H,(H,11,12,13);1H. The second-order valence-corrected chi connectivity index (χ2v) is 6.59. The fraction of sp³-hybridized carbons (Fsp3) is 0.0526. The Morgan fingerprint density at radius 1 is 0.667 bits per heavy atom. The Hall–Kier alpha value is -1.91. The van der Waals surface area contributed by atoms with Gasteiger partial charge in [0.1, 0.15) is 4.90 Å². The summed E-state index contributed by atoms with van der Waals surface area (Å²) >= 11 is 0. The van der Waals surface area contributed by atoms with Crippen LogP contribution >= 0.6 is 24.0 Å². The highest BCUT2D eigenvalue weighted by Crippen LogP contribution is 2.33. The van der Waals surface area contributed by atoms with Gasteiger partial charge in [-0.1, -0.05) is 72.8 Å². The smallest absolute Gasteiger partial charge is 0.282 e. The van der Waals surface area contributed by atoms with Gasteiger partial charge in [0, 0.05) is 0 Å². The van der Waals surface area contributed by atoms with Gasteiger partial charge < -0.3 is 0 Å². The molecule has 0 aliphatic carbocycles. The van der Waals surface area contributed by atoms with E-state index in [1.165, 1.54) is 11.1 Å². The summed E-state index contributed by atoms with van der Waals surface area (Å²) in [6, 6.07) is 24.2. The van der Waals surface area contributed by atoms with Crippen molar-refractivity contribution in [1.29, 1.82) is 0 Å². The first-order chi connectivity index (χ1) is 12.2. The average Bonchev–Trinajstić information content (AvgIpc) is 2.62. The Labute approximate surface area is 172 Å². The Morgan fingerprint density at radius 2 is 1.04 bits per heavy atom. The predicted octanol–water partition coefficient (Wildman–Crippen LogP) is 5.92. The van der Waals surface area contributed by atoms with E-state index in [4.69, 9.17) is 4.55 Å². The van der Waals surface area contributed by atoms with E-state index in [0.29, 0.717) is 12.1 Å². The van der Waals surface area contributed by atoms with Crippen LogP contribution in [0.3, 0.4) is 0 Å². The molecule has 1 N–H and O–H groups in total. The monoisotopic (exact) mass is 508 g/mol. The fourth-order valence-electron chi connectivity index (χ4n) is 2.19. The van der Waals surface area contributed by atoms with Gasteiger partial charge in [-0.05, 0) is 23.3 Å². The summed E-state index contributed by atoms with van der Waals surface area (Å²) in [4.78, 5) is -1.13. The van der Waals surface area contributed by atoms with Crippen molar-refractivity contribution in [2.24, 2.45) is 0 Å². The van der Waals surface area contributed by atoms with Crippen LogP contribution in [0.4, 0.5) is 13.2 Å². The first-order valence-corrected chi connectivity index (χ1v) is 8.88. The Kier molecular flexibility index (Phi) is 8.45. The van der Waals surface area contributed by atoms with Crippen molar-refractivity contribution in [3.05, 3.63) is 90.5 Å². The molecule has 3 aromatic rings. The number of hydrogen-bond donors (Lipinski definition) is 1. The van der Waals surface area contributed by atoms with Crippen molar-refractivity contribution in [3.63, 3.8) is 0 Å². The predicted molar refractivity (Wildman–Crippen MR) is 109 cm³/mol. The zero-order valence-electron chi connectivity index (χ0n) is 13.8. The highest BCUT2D eigenvalue weighted by Gasteiger charge is 2.36. The molecule has 27 heavy (non-hydrogen) atoms. The maximum Gasteiger partial charge on any atom is 0.417 e. The first kappa shape index (κ1) is 23.1. The van der Waals surface area contributed by atoms with E-state index < -0.39 is 26.8 Å². The van der Waals surface area contributed by atoms with Gasteiger partial charge in [-0.2, -0.15) is 21.6 Å². The highest BCUT2D eigenvalue weighted by atomic mass is 127. The second kappa shape index (κ2) is 9.86. The SMILES string of the molecule is I.O=S(=O)(O)c1ccccc1C(F)(F)F.c1ccc(-c2ccccc2)cc1. The minimum absolute atomic E-state index is 0. The van der Waals surface area contributed by atoms with Crippen LogP contribution in [0.1, 0.15) is 5.56 Å². The van der Waals surface area contributed by atoms with E-state index >= 15 is 0 Å². The third kappa shape index (κ3) is 6.96. The van der Waals surface area contributed by atoms with Crippen molar-refractivity contribution < 1.29 is 26.1 Å². The molecule has 0 unspecified atom stereocenters. The molecule has 0 fully saturated rings. The van der Waals surface area contributed by atoms with Crippen molar-refractivity contribution in [2.45, 2.75) is 11.1 Å². The Balaban J connectivity index is 0.000000262. The van der Waals surface area contributed by atoms with Gasteiger partial charge in [0.25, 0.3) is 10.1 Å². The van der Waals surface area contributed by atoms with E-state index in [-0.39, 0.29) is 24.0 Å². The zero-order chi connectivity index (χ0) is 19.2. The molecular weight excluding hydrogens is 492 g/mol. The lowest BCUT2D eigenvalue weighted by molar-refractivity contribution is -0.140. The summed E-state index contributed by atoms with van der Waals surface area (Å²) in [5, 5.41) is 0. The molecule has 0 aromatic heterocycles. The maximum absolute atomic E-state index is 12.2. The molecule has 144 valence electrons. The van der Waals surface area contributed by atoms with Gasteiger partial charge in [-0.15, -0.1) is 24.0 Å². The highest BCUT2D eigenvalue weighted by molar-refractivity contribution is 14.0. The van der Waals surface area contributed by atoms with Crippen LogP contribution in [0, 0.1) is 0 Å². The lowest BCUT2D eigenvalue weighted by atomic mass is 10.1. The molecule has 0 amide bonds. The molecule has 0 saturated heterocycles. The van der Waals surface area contributed by atoms with Crippen molar-refractivity contribution in [1.82, 2.24) is 0 Å². The van der Waals surface area contributed by atoms with Crippen LogP contribution < -0.4 is 0 Å². The molecule has 0 spiro atoms. The average molecular weight is 508 g/mol. The van der Waals surface area contributed by atoms with Crippen molar-refractivity contribution >= 4 is 34.1 Å². The lowest BCUT2D eigenvalue weighted by Gasteiger charge is -2.09.